The normalized spacial score (nSPS) is 10.0. The van der Waals surface area contributed by atoms with Crippen LogP contribution in [0.2, 0.25) is 0 Å². The summed E-state index contributed by atoms with van der Waals surface area (Å²) >= 11 is 0. The fourth-order valence-corrected chi connectivity index (χ4v) is 1.66. The van der Waals surface area contributed by atoms with Gasteiger partial charge in [-0.15, -0.1) is 0 Å². The number of nitriles is 2. The average molecular weight is 266 g/mol. The molecule has 1 aromatic carbocycles. The smallest absolute Gasteiger partial charge is 0.237 e. The van der Waals surface area contributed by atoms with E-state index in [0.29, 0.717) is 0 Å². The average Bonchev–Trinajstić information content (AvgIpc) is 2.31. The molecular formula is C10H7FN4O2S. The molecule has 0 radical (unpaired) electrons. The number of sulfone groups is 1. The minimum Gasteiger partial charge on any atom is -0.273 e. The molecule has 8 heteroatoms. The third-order valence-corrected chi connectivity index (χ3v) is 2.98. The van der Waals surface area contributed by atoms with Gasteiger partial charge >= 0.3 is 0 Å². The molecule has 0 atom stereocenters. The molecule has 0 aliphatic rings. The molecule has 0 fully saturated rings. The second-order valence-corrected chi connectivity index (χ2v) is 5.23. The number of halogens is 1. The Morgan fingerprint density at radius 1 is 1.39 bits per heavy atom. The summed E-state index contributed by atoms with van der Waals surface area (Å²) in [6.07, 6.45) is 0.975. The zero-order valence-electron chi connectivity index (χ0n) is 9.18. The van der Waals surface area contributed by atoms with Gasteiger partial charge in [-0.1, -0.05) is 0 Å². The Hall–Kier alpha value is -2.45. The highest BCUT2D eigenvalue weighted by molar-refractivity contribution is 7.90. The van der Waals surface area contributed by atoms with Crippen molar-refractivity contribution in [1.82, 2.24) is 0 Å². The largest absolute Gasteiger partial charge is 0.273 e. The van der Waals surface area contributed by atoms with E-state index >= 15 is 0 Å². The van der Waals surface area contributed by atoms with Crippen molar-refractivity contribution in [3.05, 3.63) is 24.0 Å². The molecule has 6 nitrogen and oxygen atoms in total. The van der Waals surface area contributed by atoms with E-state index < -0.39 is 21.4 Å². The molecule has 92 valence electrons. The summed E-state index contributed by atoms with van der Waals surface area (Å²) in [7, 11) is -3.48. The molecule has 0 aromatic heterocycles. The van der Waals surface area contributed by atoms with E-state index in [1.54, 1.807) is 0 Å². The summed E-state index contributed by atoms with van der Waals surface area (Å²) in [5.74, 6) is -0.749. The van der Waals surface area contributed by atoms with Gasteiger partial charge in [-0.05, 0) is 18.2 Å². The Balaban J connectivity index is 3.16. The summed E-state index contributed by atoms with van der Waals surface area (Å²) in [6, 6.07) is 6.03. The maximum absolute atomic E-state index is 13.3. The molecule has 0 unspecified atom stereocenters. The maximum atomic E-state index is 13.3. The van der Waals surface area contributed by atoms with Gasteiger partial charge in [0.05, 0.1) is 10.6 Å². The first-order chi connectivity index (χ1) is 8.38. The van der Waals surface area contributed by atoms with Crippen LogP contribution in [0.5, 0.6) is 0 Å². The summed E-state index contributed by atoms with van der Waals surface area (Å²) in [6.45, 7) is 0. The van der Waals surface area contributed by atoms with Crippen molar-refractivity contribution < 1.29 is 12.8 Å². The zero-order chi connectivity index (χ0) is 13.8. The predicted octanol–water partition coefficient (Wildman–Crippen LogP) is 1.04. The van der Waals surface area contributed by atoms with Crippen molar-refractivity contribution in [2.75, 3.05) is 11.7 Å². The number of rotatable bonds is 3. The van der Waals surface area contributed by atoms with Gasteiger partial charge in [0.1, 0.15) is 18.0 Å². The van der Waals surface area contributed by atoms with Crippen molar-refractivity contribution in [1.29, 1.82) is 10.5 Å². The number of anilines is 1. The van der Waals surface area contributed by atoms with Gasteiger partial charge in [-0.2, -0.15) is 15.6 Å². The lowest BCUT2D eigenvalue weighted by atomic mass is 10.3. The van der Waals surface area contributed by atoms with Crippen LogP contribution in [0.15, 0.2) is 28.2 Å². The van der Waals surface area contributed by atoms with Crippen molar-refractivity contribution in [2.45, 2.75) is 4.90 Å². The molecular weight excluding hydrogens is 259 g/mol. The Morgan fingerprint density at radius 3 is 2.50 bits per heavy atom. The second-order valence-electron chi connectivity index (χ2n) is 3.21. The van der Waals surface area contributed by atoms with E-state index in [1.165, 1.54) is 12.1 Å². The Morgan fingerprint density at radius 2 is 2.00 bits per heavy atom. The highest BCUT2D eigenvalue weighted by Crippen LogP contribution is 2.19. The Kier molecular flexibility index (Phi) is 3.97. The molecule has 0 saturated carbocycles. The number of nitrogens with zero attached hydrogens (tertiary/aromatic N) is 3. The lowest BCUT2D eigenvalue weighted by Crippen LogP contribution is -2.02. The molecule has 18 heavy (non-hydrogen) atoms. The van der Waals surface area contributed by atoms with Crippen LogP contribution < -0.4 is 5.43 Å². The molecule has 1 rings (SSSR count). The van der Waals surface area contributed by atoms with Crippen molar-refractivity contribution in [3.63, 3.8) is 0 Å². The molecule has 0 aliphatic carbocycles. The predicted molar refractivity (Wildman–Crippen MR) is 61.8 cm³/mol. The van der Waals surface area contributed by atoms with Crippen LogP contribution in [0.3, 0.4) is 0 Å². The van der Waals surface area contributed by atoms with Gasteiger partial charge in [-0.3, -0.25) is 5.43 Å². The van der Waals surface area contributed by atoms with Crippen molar-refractivity contribution in [2.24, 2.45) is 5.10 Å². The second kappa shape index (κ2) is 5.25. The summed E-state index contributed by atoms with van der Waals surface area (Å²) in [5.41, 5.74) is 1.39. The minimum absolute atomic E-state index is 0.0999. The van der Waals surface area contributed by atoms with Crippen LogP contribution in [0.1, 0.15) is 0 Å². The van der Waals surface area contributed by atoms with Crippen molar-refractivity contribution in [3.8, 4) is 12.1 Å². The Labute approximate surface area is 103 Å². The number of benzene rings is 1. The lowest BCUT2D eigenvalue weighted by molar-refractivity contribution is 0.600. The fourth-order valence-electron chi connectivity index (χ4n) is 1.01. The van der Waals surface area contributed by atoms with E-state index in [-0.39, 0.29) is 10.6 Å². The fraction of sp³-hybridized carbons (Fsp3) is 0.100. The molecule has 0 aliphatic heterocycles. The first kappa shape index (κ1) is 13.6. The molecule has 0 saturated heterocycles. The van der Waals surface area contributed by atoms with Crippen LogP contribution >= 0.6 is 0 Å². The first-order valence-corrected chi connectivity index (χ1v) is 6.41. The van der Waals surface area contributed by atoms with E-state index in [4.69, 9.17) is 10.5 Å². The van der Waals surface area contributed by atoms with Gasteiger partial charge in [0.25, 0.3) is 0 Å². The Bertz CT molecular complexity index is 667. The molecule has 0 amide bonds. The molecule has 1 aromatic rings. The quantitative estimate of drug-likeness (QED) is 0.500. The molecule has 0 heterocycles. The molecule has 0 bridgehead atoms. The number of hydrazone groups is 1. The summed E-state index contributed by atoms with van der Waals surface area (Å²) in [5, 5.41) is 20.2. The third-order valence-electron chi connectivity index (χ3n) is 1.87. The minimum atomic E-state index is -3.48. The monoisotopic (exact) mass is 266 g/mol. The summed E-state index contributed by atoms with van der Waals surface area (Å²) < 4.78 is 35.8. The summed E-state index contributed by atoms with van der Waals surface area (Å²) in [4.78, 5) is -0.0999. The van der Waals surface area contributed by atoms with Crippen molar-refractivity contribution >= 4 is 21.2 Å². The lowest BCUT2D eigenvalue weighted by Gasteiger charge is -2.04. The number of nitrogens with one attached hydrogen (secondary N) is 1. The highest BCUT2D eigenvalue weighted by atomic mass is 32.2. The van der Waals surface area contributed by atoms with E-state index in [2.05, 4.69) is 10.5 Å². The van der Waals surface area contributed by atoms with Crippen LogP contribution in [-0.4, -0.2) is 20.4 Å². The number of hydrogen-bond acceptors (Lipinski definition) is 6. The van der Waals surface area contributed by atoms with Gasteiger partial charge in [0, 0.05) is 6.26 Å². The maximum Gasteiger partial charge on any atom is 0.237 e. The van der Waals surface area contributed by atoms with Gasteiger partial charge in [0.15, 0.2) is 9.84 Å². The van der Waals surface area contributed by atoms with Gasteiger partial charge in [0.2, 0.25) is 5.71 Å². The number of hydrogen-bond donors (Lipinski definition) is 1. The third kappa shape index (κ3) is 3.27. The molecule has 0 spiro atoms. The molecule has 1 N–H and O–H groups in total. The standard InChI is InChI=1S/C10H7FN4O2S/c1-18(16,17)8-2-3-9(11)10(4-8)15-14-7(5-12)6-13/h2-4,15H,1H3. The van der Waals surface area contributed by atoms with Gasteiger partial charge in [-0.25, -0.2) is 12.8 Å². The van der Waals surface area contributed by atoms with Crippen LogP contribution in [0.4, 0.5) is 10.1 Å². The van der Waals surface area contributed by atoms with E-state index in [0.717, 1.165) is 24.5 Å². The van der Waals surface area contributed by atoms with Crippen LogP contribution in [-0.2, 0) is 9.84 Å². The van der Waals surface area contributed by atoms with Gasteiger partial charge < -0.3 is 0 Å². The van der Waals surface area contributed by atoms with E-state index in [1.807, 2.05) is 0 Å². The van der Waals surface area contributed by atoms with Crippen LogP contribution in [0.25, 0.3) is 0 Å². The topological polar surface area (TPSA) is 106 Å². The highest BCUT2D eigenvalue weighted by Gasteiger charge is 2.10. The van der Waals surface area contributed by atoms with Crippen LogP contribution in [0, 0.1) is 28.5 Å². The SMILES string of the molecule is CS(=O)(=O)c1ccc(F)c(NN=C(C#N)C#N)c1. The first-order valence-electron chi connectivity index (χ1n) is 4.52. The van der Waals surface area contributed by atoms with E-state index in [9.17, 15) is 12.8 Å². The zero-order valence-corrected chi connectivity index (χ0v) is 9.99.